The molecule has 0 spiro atoms. The van der Waals surface area contributed by atoms with Crippen LogP contribution in [0.4, 0.5) is 5.69 Å². The van der Waals surface area contributed by atoms with Crippen LogP contribution in [0.15, 0.2) is 30.6 Å². The lowest BCUT2D eigenvalue weighted by Crippen LogP contribution is -2.10. The number of carbonyl (C=O) groups excluding carboxylic acids is 1. The molecule has 0 bridgehead atoms. The highest BCUT2D eigenvalue weighted by molar-refractivity contribution is 6.32. The van der Waals surface area contributed by atoms with Crippen LogP contribution in [-0.2, 0) is 0 Å². The van der Waals surface area contributed by atoms with Crippen LogP contribution in [0.2, 0.25) is 5.02 Å². The molecule has 0 aliphatic heterocycles. The molecule has 2 rings (SSSR count). The van der Waals surface area contributed by atoms with Gasteiger partial charge in [0, 0.05) is 11.9 Å². The fourth-order valence-electron chi connectivity index (χ4n) is 1.49. The molecular formula is C13H14ClN3O2. The Labute approximate surface area is 115 Å². The fraction of sp³-hybridized carbons (Fsp3) is 0.231. The first kappa shape index (κ1) is 13.4. The van der Waals surface area contributed by atoms with E-state index >= 15 is 0 Å². The number of rotatable bonds is 5. The van der Waals surface area contributed by atoms with Crippen molar-refractivity contribution in [2.24, 2.45) is 0 Å². The first-order valence-corrected chi connectivity index (χ1v) is 6.31. The van der Waals surface area contributed by atoms with E-state index in [0.717, 1.165) is 6.42 Å². The van der Waals surface area contributed by atoms with Gasteiger partial charge in [0.1, 0.15) is 5.75 Å². The van der Waals surface area contributed by atoms with E-state index < -0.39 is 0 Å². The Bertz CT molecular complexity index is 555. The Morgan fingerprint density at radius 1 is 1.53 bits per heavy atom. The van der Waals surface area contributed by atoms with E-state index in [4.69, 9.17) is 16.3 Å². The maximum absolute atomic E-state index is 11.8. The van der Waals surface area contributed by atoms with E-state index in [9.17, 15) is 4.79 Å². The number of H-pyrrole nitrogens is 1. The Balaban J connectivity index is 2.05. The van der Waals surface area contributed by atoms with Gasteiger partial charge in [0.15, 0.2) is 0 Å². The third-order valence-corrected chi connectivity index (χ3v) is 2.71. The lowest BCUT2D eigenvalue weighted by Gasteiger charge is -2.09. The van der Waals surface area contributed by atoms with Crippen molar-refractivity contribution < 1.29 is 9.53 Å². The number of aromatic amines is 1. The van der Waals surface area contributed by atoms with Crippen molar-refractivity contribution in [2.45, 2.75) is 13.3 Å². The first-order valence-electron chi connectivity index (χ1n) is 5.93. The quantitative estimate of drug-likeness (QED) is 0.884. The molecule has 100 valence electrons. The third-order valence-electron chi connectivity index (χ3n) is 2.41. The number of nitrogens with one attached hydrogen (secondary N) is 2. The lowest BCUT2D eigenvalue weighted by molar-refractivity contribution is 0.102. The Morgan fingerprint density at radius 2 is 2.37 bits per heavy atom. The SMILES string of the molecule is CCCOc1ccc(NC(=O)c2cn[nH]c2)cc1Cl. The smallest absolute Gasteiger partial charge is 0.258 e. The summed E-state index contributed by atoms with van der Waals surface area (Å²) in [4.78, 5) is 11.8. The van der Waals surface area contributed by atoms with Crippen LogP contribution >= 0.6 is 11.6 Å². The molecular weight excluding hydrogens is 266 g/mol. The molecule has 0 unspecified atom stereocenters. The number of anilines is 1. The molecule has 2 N–H and O–H groups in total. The molecule has 1 aromatic heterocycles. The summed E-state index contributed by atoms with van der Waals surface area (Å²) in [7, 11) is 0. The average molecular weight is 280 g/mol. The Hall–Kier alpha value is -2.01. The molecule has 0 saturated carbocycles. The van der Waals surface area contributed by atoms with Crippen molar-refractivity contribution >= 4 is 23.2 Å². The molecule has 19 heavy (non-hydrogen) atoms. The van der Waals surface area contributed by atoms with Crippen molar-refractivity contribution in [1.82, 2.24) is 10.2 Å². The monoisotopic (exact) mass is 279 g/mol. The van der Waals surface area contributed by atoms with Crippen molar-refractivity contribution in [3.05, 3.63) is 41.2 Å². The molecule has 0 radical (unpaired) electrons. The molecule has 6 heteroatoms. The van der Waals surface area contributed by atoms with Gasteiger partial charge in [-0.1, -0.05) is 18.5 Å². The first-order chi connectivity index (χ1) is 9.20. The zero-order valence-corrected chi connectivity index (χ0v) is 11.2. The van der Waals surface area contributed by atoms with E-state index in [-0.39, 0.29) is 5.91 Å². The summed E-state index contributed by atoms with van der Waals surface area (Å²) >= 11 is 6.08. The van der Waals surface area contributed by atoms with Crippen LogP contribution in [0.1, 0.15) is 23.7 Å². The highest BCUT2D eigenvalue weighted by Gasteiger charge is 2.08. The summed E-state index contributed by atoms with van der Waals surface area (Å²) in [6, 6.07) is 5.14. The molecule has 0 aliphatic rings. The fourth-order valence-corrected chi connectivity index (χ4v) is 1.72. The van der Waals surface area contributed by atoms with Crippen molar-refractivity contribution in [2.75, 3.05) is 11.9 Å². The molecule has 1 amide bonds. The van der Waals surface area contributed by atoms with E-state index in [0.29, 0.717) is 28.6 Å². The van der Waals surface area contributed by atoms with Crippen LogP contribution in [0.5, 0.6) is 5.75 Å². The maximum Gasteiger partial charge on any atom is 0.258 e. The molecule has 0 aliphatic carbocycles. The van der Waals surface area contributed by atoms with Crippen LogP contribution in [-0.4, -0.2) is 22.7 Å². The largest absolute Gasteiger partial charge is 0.492 e. The van der Waals surface area contributed by atoms with Gasteiger partial charge in [-0.25, -0.2) is 0 Å². The van der Waals surface area contributed by atoms with Gasteiger partial charge in [-0.05, 0) is 24.6 Å². The van der Waals surface area contributed by atoms with Gasteiger partial charge >= 0.3 is 0 Å². The van der Waals surface area contributed by atoms with Crippen LogP contribution in [0.3, 0.4) is 0 Å². The lowest BCUT2D eigenvalue weighted by atomic mass is 10.2. The minimum Gasteiger partial charge on any atom is -0.492 e. The Morgan fingerprint density at radius 3 is 3.00 bits per heavy atom. The summed E-state index contributed by atoms with van der Waals surface area (Å²) in [6.45, 7) is 2.63. The Kier molecular flexibility index (Phi) is 4.41. The van der Waals surface area contributed by atoms with Crippen molar-refractivity contribution in [1.29, 1.82) is 0 Å². The zero-order chi connectivity index (χ0) is 13.7. The standard InChI is InChI=1S/C13H14ClN3O2/c1-2-5-19-12-4-3-10(6-11(12)14)17-13(18)9-7-15-16-8-9/h3-4,6-8H,2,5H2,1H3,(H,15,16)(H,17,18). The van der Waals surface area contributed by atoms with Gasteiger partial charge in [0.2, 0.25) is 0 Å². The summed E-state index contributed by atoms with van der Waals surface area (Å²) in [6.07, 6.45) is 3.89. The van der Waals surface area contributed by atoms with Gasteiger partial charge in [-0.3, -0.25) is 9.89 Å². The minimum atomic E-state index is -0.243. The molecule has 0 saturated heterocycles. The summed E-state index contributed by atoms with van der Waals surface area (Å²) < 4.78 is 5.46. The molecule has 1 aromatic carbocycles. The predicted molar refractivity (Wildman–Crippen MR) is 73.8 cm³/mol. The number of aromatic nitrogens is 2. The molecule has 5 nitrogen and oxygen atoms in total. The highest BCUT2D eigenvalue weighted by Crippen LogP contribution is 2.28. The average Bonchev–Trinajstić information content (AvgIpc) is 2.92. The second kappa shape index (κ2) is 6.24. The predicted octanol–water partition coefficient (Wildman–Crippen LogP) is 3.10. The van der Waals surface area contributed by atoms with E-state index in [2.05, 4.69) is 15.5 Å². The normalized spacial score (nSPS) is 10.2. The number of nitrogens with zero attached hydrogens (tertiary/aromatic N) is 1. The number of halogens is 1. The van der Waals surface area contributed by atoms with Crippen LogP contribution < -0.4 is 10.1 Å². The zero-order valence-electron chi connectivity index (χ0n) is 10.4. The van der Waals surface area contributed by atoms with Crippen molar-refractivity contribution in [3.8, 4) is 5.75 Å². The van der Waals surface area contributed by atoms with Gasteiger partial charge in [0.05, 0.1) is 23.4 Å². The van der Waals surface area contributed by atoms with Gasteiger partial charge in [-0.15, -0.1) is 0 Å². The number of hydrogen-bond acceptors (Lipinski definition) is 3. The summed E-state index contributed by atoms with van der Waals surface area (Å²) in [5.74, 6) is 0.372. The number of carbonyl (C=O) groups is 1. The molecule has 1 heterocycles. The summed E-state index contributed by atoms with van der Waals surface area (Å²) in [5, 5.41) is 9.50. The maximum atomic E-state index is 11.8. The number of benzene rings is 1. The van der Waals surface area contributed by atoms with Gasteiger partial charge in [-0.2, -0.15) is 5.10 Å². The number of amides is 1. The van der Waals surface area contributed by atoms with E-state index in [1.165, 1.54) is 12.4 Å². The molecule has 0 atom stereocenters. The van der Waals surface area contributed by atoms with Gasteiger partial charge < -0.3 is 10.1 Å². The van der Waals surface area contributed by atoms with E-state index in [1.54, 1.807) is 18.2 Å². The summed E-state index contributed by atoms with van der Waals surface area (Å²) in [5.41, 5.74) is 1.07. The second-order valence-corrected chi connectivity index (χ2v) is 4.34. The van der Waals surface area contributed by atoms with Gasteiger partial charge in [0.25, 0.3) is 5.91 Å². The number of hydrogen-bond donors (Lipinski definition) is 2. The third kappa shape index (κ3) is 3.48. The molecule has 0 fully saturated rings. The number of ether oxygens (including phenoxy) is 1. The topological polar surface area (TPSA) is 67.0 Å². The minimum absolute atomic E-state index is 0.243. The second-order valence-electron chi connectivity index (χ2n) is 3.93. The van der Waals surface area contributed by atoms with Crippen molar-refractivity contribution in [3.63, 3.8) is 0 Å². The van der Waals surface area contributed by atoms with E-state index in [1.807, 2.05) is 6.92 Å². The highest BCUT2D eigenvalue weighted by atomic mass is 35.5. The van der Waals surface area contributed by atoms with Crippen LogP contribution in [0, 0.1) is 0 Å². The van der Waals surface area contributed by atoms with Crippen LogP contribution in [0.25, 0.3) is 0 Å². The molecule has 2 aromatic rings.